The van der Waals surface area contributed by atoms with Crippen LogP contribution in [-0.4, -0.2) is 23.0 Å². The van der Waals surface area contributed by atoms with Gasteiger partial charge in [-0.15, -0.1) is 11.3 Å². The van der Waals surface area contributed by atoms with Crippen molar-refractivity contribution in [1.29, 1.82) is 0 Å². The van der Waals surface area contributed by atoms with Crippen LogP contribution in [0.3, 0.4) is 0 Å². The van der Waals surface area contributed by atoms with Crippen molar-refractivity contribution in [2.24, 2.45) is 23.3 Å². The molecule has 1 unspecified atom stereocenters. The number of rotatable bonds is 10. The summed E-state index contributed by atoms with van der Waals surface area (Å²) in [6.07, 6.45) is 3.01. The maximum atomic E-state index is 11.4. The smallest absolute Gasteiger partial charge is 0.220 e. The van der Waals surface area contributed by atoms with Crippen LogP contribution in [0.25, 0.3) is 0 Å². The Hall–Kier alpha value is -1.40. The average molecular weight is 311 g/mol. The highest BCUT2D eigenvalue weighted by Gasteiger charge is 2.21. The van der Waals surface area contributed by atoms with Crippen LogP contribution in [-0.2, 0) is 16.0 Å². The van der Waals surface area contributed by atoms with Crippen LogP contribution in [0.2, 0.25) is 0 Å². The average Bonchev–Trinajstić information content (AvgIpc) is 2.93. The van der Waals surface area contributed by atoms with Gasteiger partial charge in [0.05, 0.1) is 6.10 Å². The highest BCUT2D eigenvalue weighted by atomic mass is 32.1. The molecule has 1 heterocycles. The number of primary amides is 2. The van der Waals surface area contributed by atoms with E-state index in [9.17, 15) is 14.7 Å². The zero-order valence-corrected chi connectivity index (χ0v) is 13.0. The van der Waals surface area contributed by atoms with Gasteiger partial charge < -0.3 is 16.6 Å². The molecule has 0 aromatic carbocycles. The Morgan fingerprint density at radius 3 is 2.57 bits per heavy atom. The zero-order valence-electron chi connectivity index (χ0n) is 12.2. The molecule has 1 aromatic rings. The van der Waals surface area contributed by atoms with E-state index >= 15 is 0 Å². The van der Waals surface area contributed by atoms with E-state index in [1.54, 1.807) is 24.7 Å². The van der Waals surface area contributed by atoms with Crippen LogP contribution >= 0.6 is 11.3 Å². The lowest BCUT2D eigenvalue weighted by molar-refractivity contribution is -0.124. The molecule has 6 heteroatoms. The summed E-state index contributed by atoms with van der Waals surface area (Å²) < 4.78 is 0. The van der Waals surface area contributed by atoms with Gasteiger partial charge in [0.2, 0.25) is 11.8 Å². The molecule has 1 aromatic heterocycles. The highest BCUT2D eigenvalue weighted by molar-refractivity contribution is 7.09. The molecule has 0 aliphatic carbocycles. The Balaban J connectivity index is 2.38. The number of aliphatic hydroxyl groups is 1. The molecule has 0 saturated heterocycles. The topological polar surface area (TPSA) is 106 Å². The summed E-state index contributed by atoms with van der Waals surface area (Å²) in [5.41, 5.74) is 10.6. The normalized spacial score (nSPS) is 15.3. The molecule has 0 bridgehead atoms. The van der Waals surface area contributed by atoms with Gasteiger partial charge in [0.1, 0.15) is 0 Å². The standard InChI is InChI=1S/C15H23N2O3S/c1-10(14(16)19)4-5-11(15(17)20)9-12(18)6-7-13-3-2-8-21-13/h2-3,6,8,10-12,18H,4-5,7,9H2,1H3,(H2,16,19)(H2,17,20)/t10?,11-,12+/m1/s1. The van der Waals surface area contributed by atoms with Gasteiger partial charge in [-0.25, -0.2) is 0 Å². The fourth-order valence-electron chi connectivity index (χ4n) is 2.04. The number of hydrogen-bond donors (Lipinski definition) is 3. The Morgan fingerprint density at radius 2 is 2.05 bits per heavy atom. The minimum atomic E-state index is -0.687. The molecule has 1 radical (unpaired) electrons. The molecule has 2 amide bonds. The summed E-state index contributed by atoms with van der Waals surface area (Å²) in [7, 11) is 0. The number of carbonyl (C=O) groups is 2. The third kappa shape index (κ3) is 6.73. The Morgan fingerprint density at radius 1 is 1.33 bits per heavy atom. The van der Waals surface area contributed by atoms with Gasteiger partial charge in [-0.2, -0.15) is 0 Å². The van der Waals surface area contributed by atoms with Crippen molar-refractivity contribution in [3.63, 3.8) is 0 Å². The van der Waals surface area contributed by atoms with Crippen molar-refractivity contribution in [1.82, 2.24) is 0 Å². The van der Waals surface area contributed by atoms with Gasteiger partial charge in [0.15, 0.2) is 0 Å². The highest BCUT2D eigenvalue weighted by Crippen LogP contribution is 2.20. The third-order valence-electron chi connectivity index (χ3n) is 3.53. The number of nitrogens with two attached hydrogens (primary N) is 2. The Bertz CT molecular complexity index is 448. The molecular formula is C15H23N2O3S. The first-order valence-corrected chi connectivity index (χ1v) is 7.90. The van der Waals surface area contributed by atoms with E-state index < -0.39 is 17.9 Å². The van der Waals surface area contributed by atoms with Crippen LogP contribution in [0.1, 0.15) is 31.1 Å². The number of carbonyl (C=O) groups excluding carboxylic acids is 2. The number of hydrogen-bond acceptors (Lipinski definition) is 4. The molecule has 3 atom stereocenters. The molecule has 117 valence electrons. The first-order valence-electron chi connectivity index (χ1n) is 7.02. The third-order valence-corrected chi connectivity index (χ3v) is 4.43. The number of thiophene rings is 1. The van der Waals surface area contributed by atoms with E-state index in [-0.39, 0.29) is 18.2 Å². The van der Waals surface area contributed by atoms with Gasteiger partial charge >= 0.3 is 0 Å². The first-order chi connectivity index (χ1) is 9.90. The lowest BCUT2D eigenvalue weighted by atomic mass is 9.90. The maximum absolute atomic E-state index is 11.4. The van der Waals surface area contributed by atoms with Crippen LogP contribution in [0.5, 0.6) is 0 Å². The Kier molecular flexibility index (Phi) is 7.39. The number of amides is 2. The fourth-order valence-corrected chi connectivity index (χ4v) is 2.72. The molecule has 0 aliphatic rings. The second-order valence-electron chi connectivity index (χ2n) is 5.30. The van der Waals surface area contributed by atoms with E-state index in [0.717, 1.165) is 4.88 Å². The molecule has 21 heavy (non-hydrogen) atoms. The monoisotopic (exact) mass is 311 g/mol. The van der Waals surface area contributed by atoms with Gasteiger partial charge in [0, 0.05) is 16.7 Å². The SMILES string of the molecule is CC(CC[C@H](C[C@@H](O)[CH]Cc1cccs1)C(N)=O)C(N)=O. The second kappa shape index (κ2) is 8.79. The molecule has 0 aliphatic heterocycles. The molecular weight excluding hydrogens is 288 g/mol. The predicted molar refractivity (Wildman–Crippen MR) is 83.2 cm³/mol. The zero-order chi connectivity index (χ0) is 15.8. The summed E-state index contributed by atoms with van der Waals surface area (Å²) >= 11 is 1.62. The lowest BCUT2D eigenvalue weighted by Gasteiger charge is -2.18. The lowest BCUT2D eigenvalue weighted by Crippen LogP contribution is -2.29. The minimum Gasteiger partial charge on any atom is -0.393 e. The van der Waals surface area contributed by atoms with Gasteiger partial charge in [0.25, 0.3) is 0 Å². The van der Waals surface area contributed by atoms with Crippen molar-refractivity contribution in [3.8, 4) is 0 Å². The summed E-state index contributed by atoms with van der Waals surface area (Å²) in [5, 5.41) is 12.0. The minimum absolute atomic E-state index is 0.284. The van der Waals surface area contributed by atoms with Gasteiger partial charge in [-0.05, 0) is 43.6 Å². The van der Waals surface area contributed by atoms with Crippen molar-refractivity contribution in [2.45, 2.75) is 38.7 Å². The summed E-state index contributed by atoms with van der Waals surface area (Å²) in [6, 6.07) is 3.95. The van der Waals surface area contributed by atoms with E-state index in [4.69, 9.17) is 11.5 Å². The molecule has 0 spiro atoms. The molecule has 0 fully saturated rings. The van der Waals surface area contributed by atoms with E-state index in [0.29, 0.717) is 19.3 Å². The first kappa shape index (κ1) is 17.7. The summed E-state index contributed by atoms with van der Waals surface area (Å²) in [4.78, 5) is 23.6. The van der Waals surface area contributed by atoms with Crippen LogP contribution in [0.15, 0.2) is 17.5 Å². The van der Waals surface area contributed by atoms with Crippen LogP contribution in [0, 0.1) is 18.3 Å². The van der Waals surface area contributed by atoms with Crippen LogP contribution < -0.4 is 11.5 Å². The molecule has 5 N–H and O–H groups in total. The Labute approximate surface area is 129 Å². The fraction of sp³-hybridized carbons (Fsp3) is 0.533. The summed E-state index contributed by atoms with van der Waals surface area (Å²) in [5.74, 6) is -1.57. The van der Waals surface area contributed by atoms with Gasteiger partial charge in [-0.1, -0.05) is 13.0 Å². The molecule has 1 rings (SSSR count). The number of aliphatic hydroxyl groups excluding tert-OH is 1. The van der Waals surface area contributed by atoms with E-state index in [1.165, 1.54) is 0 Å². The van der Waals surface area contributed by atoms with Crippen molar-refractivity contribution >= 4 is 23.2 Å². The molecule has 5 nitrogen and oxygen atoms in total. The van der Waals surface area contributed by atoms with Crippen molar-refractivity contribution in [3.05, 3.63) is 28.8 Å². The maximum Gasteiger partial charge on any atom is 0.220 e. The van der Waals surface area contributed by atoms with Crippen LogP contribution in [0.4, 0.5) is 0 Å². The van der Waals surface area contributed by atoms with Crippen molar-refractivity contribution in [2.75, 3.05) is 0 Å². The quantitative estimate of drug-likeness (QED) is 0.605. The predicted octanol–water partition coefficient (Wildman–Crippen LogP) is 1.25. The van der Waals surface area contributed by atoms with E-state index in [2.05, 4.69) is 0 Å². The molecule has 0 saturated carbocycles. The van der Waals surface area contributed by atoms with E-state index in [1.807, 2.05) is 17.5 Å². The largest absolute Gasteiger partial charge is 0.393 e. The van der Waals surface area contributed by atoms with Crippen molar-refractivity contribution < 1.29 is 14.7 Å². The summed E-state index contributed by atoms with van der Waals surface area (Å²) in [6.45, 7) is 1.72. The second-order valence-corrected chi connectivity index (χ2v) is 6.33. The van der Waals surface area contributed by atoms with Gasteiger partial charge in [-0.3, -0.25) is 9.59 Å².